The molecule has 134 valence electrons. The molecule has 5 heteroatoms. The molecule has 0 amide bonds. The Morgan fingerprint density at radius 1 is 1.12 bits per heavy atom. The molecule has 2 N–H and O–H groups in total. The van der Waals surface area contributed by atoms with E-state index in [1.165, 1.54) is 24.0 Å². The number of benzene rings is 1. The van der Waals surface area contributed by atoms with Gasteiger partial charge in [-0.1, -0.05) is 24.3 Å². The summed E-state index contributed by atoms with van der Waals surface area (Å²) < 4.78 is 0. The van der Waals surface area contributed by atoms with E-state index in [0.29, 0.717) is 5.92 Å². The van der Waals surface area contributed by atoms with Crippen molar-refractivity contribution in [2.24, 2.45) is 0 Å². The van der Waals surface area contributed by atoms with Gasteiger partial charge in [-0.2, -0.15) is 4.98 Å². The van der Waals surface area contributed by atoms with Crippen molar-refractivity contribution in [2.45, 2.75) is 38.6 Å². The first-order chi connectivity index (χ1) is 12.1. The normalized spacial score (nSPS) is 13.9. The predicted octanol–water partition coefficient (Wildman–Crippen LogP) is 3.64. The lowest BCUT2D eigenvalue weighted by atomic mass is 10.1. The summed E-state index contributed by atoms with van der Waals surface area (Å²) in [5.74, 6) is 2.27. The summed E-state index contributed by atoms with van der Waals surface area (Å²) in [6, 6.07) is 10.6. The Kier molecular flexibility index (Phi) is 5.87. The van der Waals surface area contributed by atoms with Crippen LogP contribution in [-0.2, 0) is 6.54 Å². The summed E-state index contributed by atoms with van der Waals surface area (Å²) in [6.45, 7) is 4.88. The fraction of sp³-hybridized carbons (Fsp3) is 0.500. The Morgan fingerprint density at radius 3 is 2.64 bits per heavy atom. The molecule has 1 saturated carbocycles. The average Bonchev–Trinajstić information content (AvgIpc) is 3.43. The van der Waals surface area contributed by atoms with Crippen molar-refractivity contribution < 1.29 is 0 Å². The second kappa shape index (κ2) is 8.30. The minimum atomic E-state index is 0.615. The fourth-order valence-corrected chi connectivity index (χ4v) is 2.81. The SMILES string of the molecule is Cc1ccccc1CNc1cc(C2CC2)nc(NCCCN(C)C)n1. The molecule has 0 aliphatic heterocycles. The van der Waals surface area contributed by atoms with Gasteiger partial charge in [0.05, 0.1) is 5.69 Å². The van der Waals surface area contributed by atoms with Gasteiger partial charge in [-0.15, -0.1) is 0 Å². The highest BCUT2D eigenvalue weighted by molar-refractivity contribution is 5.45. The first kappa shape index (κ1) is 17.7. The van der Waals surface area contributed by atoms with Crippen LogP contribution in [0.15, 0.2) is 30.3 Å². The van der Waals surface area contributed by atoms with E-state index >= 15 is 0 Å². The Bertz CT molecular complexity index is 694. The number of aryl methyl sites for hydroxylation is 1. The van der Waals surface area contributed by atoms with Gasteiger partial charge in [-0.3, -0.25) is 0 Å². The standard InChI is InChI=1S/C20H29N5/c1-15-7-4-5-8-17(15)14-22-19-13-18(16-9-10-16)23-20(24-19)21-11-6-12-25(2)3/h4-5,7-8,13,16H,6,9-12,14H2,1-3H3,(H2,21,22,23,24). The van der Waals surface area contributed by atoms with Crippen molar-refractivity contribution in [3.63, 3.8) is 0 Å². The molecule has 0 unspecified atom stereocenters. The highest BCUT2D eigenvalue weighted by Crippen LogP contribution is 2.39. The van der Waals surface area contributed by atoms with Crippen molar-refractivity contribution in [1.29, 1.82) is 0 Å². The number of aromatic nitrogens is 2. The summed E-state index contributed by atoms with van der Waals surface area (Å²) in [6.07, 6.45) is 3.57. The lowest BCUT2D eigenvalue weighted by Gasteiger charge is -2.13. The topological polar surface area (TPSA) is 53.1 Å². The molecule has 0 radical (unpaired) electrons. The molecule has 2 aromatic rings. The highest BCUT2D eigenvalue weighted by atomic mass is 15.1. The van der Waals surface area contributed by atoms with Crippen molar-refractivity contribution in [1.82, 2.24) is 14.9 Å². The molecule has 0 spiro atoms. The van der Waals surface area contributed by atoms with Gasteiger partial charge in [0.25, 0.3) is 0 Å². The first-order valence-electron chi connectivity index (χ1n) is 9.18. The molecule has 1 aliphatic carbocycles. The van der Waals surface area contributed by atoms with Gasteiger partial charge < -0.3 is 15.5 Å². The van der Waals surface area contributed by atoms with E-state index in [9.17, 15) is 0 Å². The van der Waals surface area contributed by atoms with Gasteiger partial charge in [-0.05, 0) is 58.0 Å². The van der Waals surface area contributed by atoms with E-state index in [0.717, 1.165) is 43.5 Å². The number of nitrogens with one attached hydrogen (secondary N) is 2. The van der Waals surface area contributed by atoms with Crippen LogP contribution in [0.2, 0.25) is 0 Å². The first-order valence-corrected chi connectivity index (χ1v) is 9.18. The van der Waals surface area contributed by atoms with Crippen LogP contribution in [0.3, 0.4) is 0 Å². The zero-order chi connectivity index (χ0) is 17.6. The van der Waals surface area contributed by atoms with Gasteiger partial charge in [0.1, 0.15) is 5.82 Å². The van der Waals surface area contributed by atoms with E-state index in [4.69, 9.17) is 4.98 Å². The molecule has 1 aromatic carbocycles. The zero-order valence-electron chi connectivity index (χ0n) is 15.5. The zero-order valence-corrected chi connectivity index (χ0v) is 15.5. The van der Waals surface area contributed by atoms with Crippen molar-refractivity contribution in [2.75, 3.05) is 37.8 Å². The van der Waals surface area contributed by atoms with Gasteiger partial charge in [0.2, 0.25) is 5.95 Å². The molecule has 1 heterocycles. The van der Waals surface area contributed by atoms with Crippen LogP contribution in [0.4, 0.5) is 11.8 Å². The van der Waals surface area contributed by atoms with E-state index in [1.54, 1.807) is 0 Å². The second-order valence-electron chi connectivity index (χ2n) is 7.14. The molecular formula is C20H29N5. The van der Waals surface area contributed by atoms with Crippen LogP contribution in [0.5, 0.6) is 0 Å². The van der Waals surface area contributed by atoms with E-state index in [1.807, 2.05) is 0 Å². The van der Waals surface area contributed by atoms with Crippen LogP contribution >= 0.6 is 0 Å². The summed E-state index contributed by atoms with van der Waals surface area (Å²) in [5.41, 5.74) is 3.76. The van der Waals surface area contributed by atoms with Gasteiger partial charge >= 0.3 is 0 Å². The maximum atomic E-state index is 4.71. The largest absolute Gasteiger partial charge is 0.366 e. The quantitative estimate of drug-likeness (QED) is 0.683. The molecular weight excluding hydrogens is 310 g/mol. The minimum absolute atomic E-state index is 0.615. The number of rotatable bonds is 9. The number of hydrogen-bond donors (Lipinski definition) is 2. The van der Waals surface area contributed by atoms with Crippen LogP contribution in [0.25, 0.3) is 0 Å². The monoisotopic (exact) mass is 339 g/mol. The molecule has 1 fully saturated rings. The second-order valence-corrected chi connectivity index (χ2v) is 7.14. The Balaban J connectivity index is 1.64. The molecule has 5 nitrogen and oxygen atoms in total. The molecule has 0 atom stereocenters. The molecule has 25 heavy (non-hydrogen) atoms. The maximum absolute atomic E-state index is 4.71. The third kappa shape index (κ3) is 5.43. The molecule has 1 aliphatic rings. The van der Waals surface area contributed by atoms with E-state index in [2.05, 4.69) is 71.9 Å². The minimum Gasteiger partial charge on any atom is -0.366 e. The molecule has 3 rings (SSSR count). The van der Waals surface area contributed by atoms with E-state index < -0.39 is 0 Å². The van der Waals surface area contributed by atoms with Gasteiger partial charge in [-0.25, -0.2) is 4.98 Å². The summed E-state index contributed by atoms with van der Waals surface area (Å²) in [4.78, 5) is 11.6. The third-order valence-electron chi connectivity index (χ3n) is 4.53. The van der Waals surface area contributed by atoms with Crippen LogP contribution in [-0.4, -0.2) is 42.1 Å². The lowest BCUT2D eigenvalue weighted by molar-refractivity contribution is 0.405. The highest BCUT2D eigenvalue weighted by Gasteiger charge is 2.26. The Morgan fingerprint density at radius 2 is 1.92 bits per heavy atom. The van der Waals surface area contributed by atoms with Crippen LogP contribution in [0.1, 0.15) is 42.0 Å². The summed E-state index contributed by atoms with van der Waals surface area (Å²) >= 11 is 0. The third-order valence-corrected chi connectivity index (χ3v) is 4.53. The number of nitrogens with zero attached hydrogens (tertiary/aromatic N) is 3. The summed E-state index contributed by atoms with van der Waals surface area (Å²) in [5, 5.41) is 6.86. The number of hydrogen-bond acceptors (Lipinski definition) is 5. The Hall–Kier alpha value is -2.14. The summed E-state index contributed by atoms with van der Waals surface area (Å²) in [7, 11) is 4.19. The average molecular weight is 339 g/mol. The fourth-order valence-electron chi connectivity index (χ4n) is 2.81. The van der Waals surface area contributed by atoms with Crippen molar-refractivity contribution >= 4 is 11.8 Å². The van der Waals surface area contributed by atoms with Crippen LogP contribution in [0, 0.1) is 6.92 Å². The van der Waals surface area contributed by atoms with E-state index in [-0.39, 0.29) is 0 Å². The number of anilines is 2. The predicted molar refractivity (Wildman–Crippen MR) is 104 cm³/mol. The maximum Gasteiger partial charge on any atom is 0.224 e. The molecule has 0 saturated heterocycles. The lowest BCUT2D eigenvalue weighted by Crippen LogP contribution is -2.17. The smallest absolute Gasteiger partial charge is 0.224 e. The van der Waals surface area contributed by atoms with Gasteiger partial charge in [0.15, 0.2) is 0 Å². The molecule has 0 bridgehead atoms. The van der Waals surface area contributed by atoms with Gasteiger partial charge in [0, 0.05) is 25.1 Å². The Labute approximate surface area is 150 Å². The van der Waals surface area contributed by atoms with Crippen molar-refractivity contribution in [3.8, 4) is 0 Å². The van der Waals surface area contributed by atoms with Crippen LogP contribution < -0.4 is 10.6 Å². The van der Waals surface area contributed by atoms with Crippen molar-refractivity contribution in [3.05, 3.63) is 47.2 Å². The molecule has 1 aromatic heterocycles.